The molecule has 0 bridgehead atoms. The van der Waals surface area contributed by atoms with Crippen LogP contribution in [0.3, 0.4) is 0 Å². The molecule has 0 amide bonds. The Hall–Kier alpha value is -0.860. The van der Waals surface area contributed by atoms with Gasteiger partial charge in [0.05, 0.1) is 6.61 Å². The minimum Gasteiger partial charge on any atom is -0.384 e. The highest BCUT2D eigenvalue weighted by atomic mass is 16.5. The summed E-state index contributed by atoms with van der Waals surface area (Å²) < 4.78 is 5.07. The summed E-state index contributed by atoms with van der Waals surface area (Å²) in [6.45, 7) is 5.21. The van der Waals surface area contributed by atoms with Crippen molar-refractivity contribution in [1.29, 1.82) is 0 Å². The quantitative estimate of drug-likeness (QED) is 0.787. The summed E-state index contributed by atoms with van der Waals surface area (Å²) in [6.07, 6.45) is 3.35. The number of hydrogen-bond donors (Lipinski definition) is 1. The predicted octanol–water partition coefficient (Wildman–Crippen LogP) is 3.31. The van der Waals surface area contributed by atoms with E-state index in [1.165, 1.54) is 24.0 Å². The van der Waals surface area contributed by atoms with Crippen LogP contribution in [0.25, 0.3) is 0 Å². The maximum absolute atomic E-state index is 6.25. The van der Waals surface area contributed by atoms with E-state index in [0.717, 1.165) is 13.0 Å². The molecule has 0 aliphatic carbocycles. The predicted molar refractivity (Wildman–Crippen MR) is 73.0 cm³/mol. The van der Waals surface area contributed by atoms with Crippen LogP contribution in [0.4, 0.5) is 0 Å². The molecule has 0 saturated carbocycles. The van der Waals surface area contributed by atoms with Gasteiger partial charge in [-0.05, 0) is 29.9 Å². The fourth-order valence-electron chi connectivity index (χ4n) is 2.09. The highest BCUT2D eigenvalue weighted by Gasteiger charge is 2.13. The Bertz CT molecular complexity index is 307. The van der Waals surface area contributed by atoms with Gasteiger partial charge in [0.15, 0.2) is 0 Å². The van der Waals surface area contributed by atoms with Crippen molar-refractivity contribution in [2.24, 2.45) is 11.7 Å². The summed E-state index contributed by atoms with van der Waals surface area (Å²) in [4.78, 5) is 0. The maximum atomic E-state index is 6.25. The van der Waals surface area contributed by atoms with Crippen molar-refractivity contribution in [1.82, 2.24) is 0 Å². The Balaban J connectivity index is 2.60. The molecule has 0 radical (unpaired) electrons. The van der Waals surface area contributed by atoms with Crippen LogP contribution < -0.4 is 5.73 Å². The largest absolute Gasteiger partial charge is 0.384 e. The van der Waals surface area contributed by atoms with E-state index in [1.54, 1.807) is 7.11 Å². The van der Waals surface area contributed by atoms with Crippen LogP contribution >= 0.6 is 0 Å². The normalized spacial score (nSPS) is 14.6. The highest BCUT2D eigenvalue weighted by molar-refractivity contribution is 5.25. The summed E-state index contributed by atoms with van der Waals surface area (Å²) in [7, 11) is 1.73. The van der Waals surface area contributed by atoms with E-state index in [1.807, 2.05) is 0 Å². The van der Waals surface area contributed by atoms with E-state index in [2.05, 4.69) is 38.1 Å². The summed E-state index contributed by atoms with van der Waals surface area (Å²) in [6, 6.07) is 8.79. The van der Waals surface area contributed by atoms with Crippen LogP contribution in [-0.4, -0.2) is 13.7 Å². The molecule has 17 heavy (non-hydrogen) atoms. The molecular formula is C15H25NO. The van der Waals surface area contributed by atoms with Crippen molar-refractivity contribution in [3.63, 3.8) is 0 Å². The molecule has 0 heterocycles. The third kappa shape index (κ3) is 4.49. The number of methoxy groups -OCH3 is 1. The minimum absolute atomic E-state index is 0.159. The smallest absolute Gasteiger partial charge is 0.0502 e. The van der Waals surface area contributed by atoms with Gasteiger partial charge in [-0.1, -0.05) is 44.5 Å². The molecule has 0 fully saturated rings. The van der Waals surface area contributed by atoms with Crippen LogP contribution in [0.2, 0.25) is 0 Å². The summed E-state index contributed by atoms with van der Waals surface area (Å²) in [5.41, 5.74) is 8.80. The van der Waals surface area contributed by atoms with Gasteiger partial charge in [0.25, 0.3) is 0 Å². The van der Waals surface area contributed by atoms with Crippen molar-refractivity contribution in [2.45, 2.75) is 39.2 Å². The number of nitrogens with two attached hydrogens (primary N) is 1. The molecule has 2 unspecified atom stereocenters. The van der Waals surface area contributed by atoms with E-state index >= 15 is 0 Å². The van der Waals surface area contributed by atoms with Crippen LogP contribution in [-0.2, 0) is 11.2 Å². The SMILES string of the molecule is CCCC(C)C(N)c1ccc(CCOC)cc1. The number of ether oxygens (including phenoxy) is 1. The number of rotatable bonds is 7. The molecule has 0 aromatic heterocycles. The standard InChI is InChI=1S/C15H25NO/c1-4-5-12(2)15(16)14-8-6-13(7-9-14)10-11-17-3/h6-9,12,15H,4-5,10-11,16H2,1-3H3. The molecule has 2 N–H and O–H groups in total. The first-order valence-electron chi connectivity index (χ1n) is 6.52. The number of benzene rings is 1. The van der Waals surface area contributed by atoms with Gasteiger partial charge in [-0.2, -0.15) is 0 Å². The molecule has 1 rings (SSSR count). The van der Waals surface area contributed by atoms with E-state index in [9.17, 15) is 0 Å². The monoisotopic (exact) mass is 235 g/mol. The lowest BCUT2D eigenvalue weighted by molar-refractivity contribution is 0.202. The molecule has 0 saturated heterocycles. The van der Waals surface area contributed by atoms with Gasteiger partial charge in [0.1, 0.15) is 0 Å². The van der Waals surface area contributed by atoms with Gasteiger partial charge in [0.2, 0.25) is 0 Å². The van der Waals surface area contributed by atoms with Crippen LogP contribution in [0.5, 0.6) is 0 Å². The average molecular weight is 235 g/mol. The van der Waals surface area contributed by atoms with Crippen LogP contribution in [0, 0.1) is 5.92 Å². The van der Waals surface area contributed by atoms with Crippen molar-refractivity contribution >= 4 is 0 Å². The molecule has 0 aliphatic rings. The maximum Gasteiger partial charge on any atom is 0.0502 e. The van der Waals surface area contributed by atoms with Crippen LogP contribution in [0.1, 0.15) is 43.9 Å². The third-order valence-electron chi connectivity index (χ3n) is 3.32. The van der Waals surface area contributed by atoms with Crippen molar-refractivity contribution in [3.8, 4) is 0 Å². The molecule has 2 nitrogen and oxygen atoms in total. The molecular weight excluding hydrogens is 210 g/mol. The van der Waals surface area contributed by atoms with Gasteiger partial charge in [-0.3, -0.25) is 0 Å². The molecule has 96 valence electrons. The lowest BCUT2D eigenvalue weighted by Gasteiger charge is -2.20. The van der Waals surface area contributed by atoms with Crippen LogP contribution in [0.15, 0.2) is 24.3 Å². The molecule has 2 atom stereocenters. The first kappa shape index (κ1) is 14.2. The van der Waals surface area contributed by atoms with Gasteiger partial charge in [-0.25, -0.2) is 0 Å². The van der Waals surface area contributed by atoms with E-state index in [0.29, 0.717) is 5.92 Å². The lowest BCUT2D eigenvalue weighted by atomic mass is 9.91. The van der Waals surface area contributed by atoms with Crippen molar-refractivity contribution in [3.05, 3.63) is 35.4 Å². The second kappa shape index (κ2) is 7.46. The zero-order chi connectivity index (χ0) is 12.7. The molecule has 1 aromatic carbocycles. The zero-order valence-electron chi connectivity index (χ0n) is 11.3. The second-order valence-electron chi connectivity index (χ2n) is 4.78. The topological polar surface area (TPSA) is 35.2 Å². The van der Waals surface area contributed by atoms with E-state index < -0.39 is 0 Å². The van der Waals surface area contributed by atoms with Gasteiger partial charge >= 0.3 is 0 Å². The van der Waals surface area contributed by atoms with Crippen molar-refractivity contribution < 1.29 is 4.74 Å². The third-order valence-corrected chi connectivity index (χ3v) is 3.32. The Morgan fingerprint density at radius 3 is 2.41 bits per heavy atom. The first-order chi connectivity index (χ1) is 8.19. The fraction of sp³-hybridized carbons (Fsp3) is 0.600. The highest BCUT2D eigenvalue weighted by Crippen LogP contribution is 2.23. The summed E-state index contributed by atoms with van der Waals surface area (Å²) >= 11 is 0. The Labute approximate surface area is 105 Å². The summed E-state index contributed by atoms with van der Waals surface area (Å²) in [5, 5.41) is 0. The Morgan fingerprint density at radius 1 is 1.24 bits per heavy atom. The summed E-state index contributed by atoms with van der Waals surface area (Å²) in [5.74, 6) is 0.546. The first-order valence-corrected chi connectivity index (χ1v) is 6.52. The van der Waals surface area contributed by atoms with Gasteiger partial charge in [-0.15, -0.1) is 0 Å². The Morgan fingerprint density at radius 2 is 1.88 bits per heavy atom. The fourth-order valence-corrected chi connectivity index (χ4v) is 2.09. The zero-order valence-corrected chi connectivity index (χ0v) is 11.3. The minimum atomic E-state index is 0.159. The molecule has 2 heteroatoms. The van der Waals surface area contributed by atoms with Crippen molar-refractivity contribution in [2.75, 3.05) is 13.7 Å². The molecule has 1 aromatic rings. The van der Waals surface area contributed by atoms with E-state index in [-0.39, 0.29) is 6.04 Å². The van der Waals surface area contributed by atoms with Gasteiger partial charge in [0, 0.05) is 13.2 Å². The Kier molecular flexibility index (Phi) is 6.23. The lowest BCUT2D eigenvalue weighted by Crippen LogP contribution is -2.18. The number of hydrogen-bond acceptors (Lipinski definition) is 2. The van der Waals surface area contributed by atoms with Gasteiger partial charge < -0.3 is 10.5 Å². The van der Waals surface area contributed by atoms with E-state index in [4.69, 9.17) is 10.5 Å². The molecule has 0 aliphatic heterocycles. The molecule has 0 spiro atoms. The second-order valence-corrected chi connectivity index (χ2v) is 4.78. The average Bonchev–Trinajstić information content (AvgIpc) is 2.36.